The first-order chi connectivity index (χ1) is 9.24. The molecule has 1 aromatic rings. The molecule has 1 unspecified atom stereocenters. The van der Waals surface area contributed by atoms with E-state index in [0.717, 1.165) is 24.2 Å². The van der Waals surface area contributed by atoms with Gasteiger partial charge in [-0.2, -0.15) is 0 Å². The minimum Gasteiger partial charge on any atom is -0.490 e. The van der Waals surface area contributed by atoms with Gasteiger partial charge in [-0.05, 0) is 44.4 Å². The lowest BCUT2D eigenvalue weighted by Gasteiger charge is -2.23. The lowest BCUT2D eigenvalue weighted by molar-refractivity contribution is -0.149. The van der Waals surface area contributed by atoms with Gasteiger partial charge in [-0.15, -0.1) is 0 Å². The van der Waals surface area contributed by atoms with Gasteiger partial charge in [0.05, 0.1) is 12.1 Å². The van der Waals surface area contributed by atoms with Crippen LogP contribution in [0.2, 0.25) is 0 Å². The fourth-order valence-corrected chi connectivity index (χ4v) is 1.89. The molecule has 2 rings (SSSR count). The molecule has 0 saturated heterocycles. The summed E-state index contributed by atoms with van der Waals surface area (Å²) in [5, 5.41) is 0. The van der Waals surface area contributed by atoms with Crippen LogP contribution in [0.1, 0.15) is 38.3 Å². The Hall–Kier alpha value is -1.10. The highest BCUT2D eigenvalue weighted by Gasteiger charge is 2.24. The van der Waals surface area contributed by atoms with Crippen LogP contribution in [0.3, 0.4) is 0 Å². The van der Waals surface area contributed by atoms with Gasteiger partial charge in [0.15, 0.2) is 6.29 Å². The zero-order chi connectivity index (χ0) is 13.7. The molecule has 0 heterocycles. The van der Waals surface area contributed by atoms with Crippen molar-refractivity contribution >= 4 is 0 Å². The first-order valence-corrected chi connectivity index (χ1v) is 7.00. The Labute approximate surface area is 114 Å². The van der Waals surface area contributed by atoms with Gasteiger partial charge in [0.25, 0.3) is 0 Å². The maximum atomic E-state index is 6.18. The zero-order valence-corrected chi connectivity index (χ0v) is 11.7. The molecule has 0 aliphatic heterocycles. The topological polar surface area (TPSA) is 53.7 Å². The standard InChI is InChI=1S/C15H23NO3/c1-3-17-15(18-4-2)14(16)11-5-7-12(8-6-11)19-13-9-10-13/h5-8,13-15H,3-4,9-10,16H2,1-2H3. The second kappa shape index (κ2) is 6.89. The van der Waals surface area contributed by atoms with Crippen LogP contribution in [0, 0.1) is 0 Å². The molecule has 1 atom stereocenters. The normalized spacial score (nSPS) is 16.6. The minimum atomic E-state index is -0.398. The van der Waals surface area contributed by atoms with Crippen molar-refractivity contribution in [3.8, 4) is 5.75 Å². The van der Waals surface area contributed by atoms with Crippen molar-refractivity contribution in [3.63, 3.8) is 0 Å². The molecule has 0 aromatic heterocycles. The lowest BCUT2D eigenvalue weighted by Crippen LogP contribution is -2.31. The van der Waals surface area contributed by atoms with Crippen LogP contribution in [0.15, 0.2) is 24.3 Å². The van der Waals surface area contributed by atoms with Crippen molar-refractivity contribution in [2.75, 3.05) is 13.2 Å². The van der Waals surface area contributed by atoms with E-state index in [0.29, 0.717) is 19.3 Å². The maximum Gasteiger partial charge on any atom is 0.176 e. The van der Waals surface area contributed by atoms with Crippen molar-refractivity contribution < 1.29 is 14.2 Å². The summed E-state index contributed by atoms with van der Waals surface area (Å²) in [5.74, 6) is 0.905. The summed E-state index contributed by atoms with van der Waals surface area (Å²) in [6.07, 6.45) is 2.35. The van der Waals surface area contributed by atoms with E-state index in [2.05, 4.69) is 0 Å². The van der Waals surface area contributed by atoms with Gasteiger partial charge in [-0.1, -0.05) is 12.1 Å². The average molecular weight is 265 g/mol. The molecule has 1 aromatic carbocycles. The summed E-state index contributed by atoms with van der Waals surface area (Å²) in [6.45, 7) is 5.04. The van der Waals surface area contributed by atoms with Gasteiger partial charge in [0, 0.05) is 13.2 Å². The van der Waals surface area contributed by atoms with Crippen LogP contribution in [-0.2, 0) is 9.47 Å². The Bertz CT molecular complexity index is 369. The highest BCUT2D eigenvalue weighted by molar-refractivity contribution is 5.29. The van der Waals surface area contributed by atoms with Gasteiger partial charge in [0.1, 0.15) is 5.75 Å². The molecule has 1 aliphatic rings. The summed E-state index contributed by atoms with van der Waals surface area (Å²) < 4.78 is 16.8. The van der Waals surface area contributed by atoms with Gasteiger partial charge in [0.2, 0.25) is 0 Å². The summed E-state index contributed by atoms with van der Waals surface area (Å²) in [5.41, 5.74) is 7.18. The molecule has 0 spiro atoms. The highest BCUT2D eigenvalue weighted by Crippen LogP contribution is 2.28. The van der Waals surface area contributed by atoms with Gasteiger partial charge >= 0.3 is 0 Å². The molecule has 106 valence electrons. The fraction of sp³-hybridized carbons (Fsp3) is 0.600. The van der Waals surface area contributed by atoms with Gasteiger partial charge < -0.3 is 19.9 Å². The molecule has 0 amide bonds. The zero-order valence-electron chi connectivity index (χ0n) is 11.7. The largest absolute Gasteiger partial charge is 0.490 e. The van der Waals surface area contributed by atoms with Crippen molar-refractivity contribution in [1.29, 1.82) is 0 Å². The Morgan fingerprint density at radius 2 is 1.68 bits per heavy atom. The van der Waals surface area contributed by atoms with Gasteiger partial charge in [-0.25, -0.2) is 0 Å². The first kappa shape index (κ1) is 14.3. The maximum absolute atomic E-state index is 6.18. The molecule has 0 bridgehead atoms. The second-order valence-corrected chi connectivity index (χ2v) is 4.69. The molecule has 1 aliphatic carbocycles. The van der Waals surface area contributed by atoms with Crippen LogP contribution >= 0.6 is 0 Å². The molecule has 1 saturated carbocycles. The summed E-state index contributed by atoms with van der Waals surface area (Å²) >= 11 is 0. The van der Waals surface area contributed by atoms with Gasteiger partial charge in [-0.3, -0.25) is 0 Å². The number of nitrogens with two attached hydrogens (primary N) is 1. The van der Waals surface area contributed by atoms with E-state index < -0.39 is 6.29 Å². The second-order valence-electron chi connectivity index (χ2n) is 4.69. The third-order valence-corrected chi connectivity index (χ3v) is 3.05. The highest BCUT2D eigenvalue weighted by atomic mass is 16.7. The quantitative estimate of drug-likeness (QED) is 0.734. The summed E-state index contributed by atoms with van der Waals surface area (Å²) in [7, 11) is 0. The predicted octanol–water partition coefficient (Wildman–Crippen LogP) is 2.63. The number of rotatable bonds is 8. The number of hydrogen-bond acceptors (Lipinski definition) is 4. The molecular weight excluding hydrogens is 242 g/mol. The Morgan fingerprint density at radius 3 is 2.16 bits per heavy atom. The molecule has 19 heavy (non-hydrogen) atoms. The summed E-state index contributed by atoms with van der Waals surface area (Å²) in [6, 6.07) is 7.60. The molecule has 1 fully saturated rings. The Balaban J connectivity index is 1.97. The van der Waals surface area contributed by atoms with Crippen molar-refractivity contribution in [2.24, 2.45) is 5.73 Å². The molecule has 4 nitrogen and oxygen atoms in total. The summed E-state index contributed by atoms with van der Waals surface area (Å²) in [4.78, 5) is 0. The number of benzene rings is 1. The van der Waals surface area contributed by atoms with E-state index in [9.17, 15) is 0 Å². The average Bonchev–Trinajstić information content (AvgIpc) is 3.23. The lowest BCUT2D eigenvalue weighted by atomic mass is 10.1. The first-order valence-electron chi connectivity index (χ1n) is 7.00. The Morgan fingerprint density at radius 1 is 1.11 bits per heavy atom. The smallest absolute Gasteiger partial charge is 0.176 e. The van der Waals surface area contributed by atoms with Crippen LogP contribution in [0.4, 0.5) is 0 Å². The van der Waals surface area contributed by atoms with Crippen molar-refractivity contribution in [3.05, 3.63) is 29.8 Å². The molecule has 2 N–H and O–H groups in total. The van der Waals surface area contributed by atoms with Crippen LogP contribution in [0.25, 0.3) is 0 Å². The molecule has 0 radical (unpaired) electrons. The van der Waals surface area contributed by atoms with E-state index >= 15 is 0 Å². The molecule has 4 heteroatoms. The Kier molecular flexibility index (Phi) is 5.19. The van der Waals surface area contributed by atoms with E-state index in [1.54, 1.807) is 0 Å². The fourth-order valence-electron chi connectivity index (χ4n) is 1.89. The minimum absolute atomic E-state index is 0.283. The van der Waals surface area contributed by atoms with Crippen molar-refractivity contribution in [1.82, 2.24) is 0 Å². The predicted molar refractivity (Wildman–Crippen MR) is 74.1 cm³/mol. The van der Waals surface area contributed by atoms with Crippen LogP contribution in [-0.4, -0.2) is 25.6 Å². The number of ether oxygens (including phenoxy) is 3. The molecular formula is C15H23NO3. The van der Waals surface area contributed by atoms with E-state index in [-0.39, 0.29) is 6.04 Å². The third kappa shape index (κ3) is 4.20. The van der Waals surface area contributed by atoms with E-state index in [4.69, 9.17) is 19.9 Å². The number of hydrogen-bond donors (Lipinski definition) is 1. The monoisotopic (exact) mass is 265 g/mol. The SMILES string of the molecule is CCOC(OCC)C(N)c1ccc(OC2CC2)cc1. The van der Waals surface area contributed by atoms with Crippen LogP contribution < -0.4 is 10.5 Å². The van der Waals surface area contributed by atoms with E-state index in [1.807, 2.05) is 38.1 Å². The van der Waals surface area contributed by atoms with E-state index in [1.165, 1.54) is 0 Å². The third-order valence-electron chi connectivity index (χ3n) is 3.05. The van der Waals surface area contributed by atoms with Crippen molar-refractivity contribution in [2.45, 2.75) is 45.1 Å². The van der Waals surface area contributed by atoms with Crippen LogP contribution in [0.5, 0.6) is 5.75 Å².